The summed E-state index contributed by atoms with van der Waals surface area (Å²) in [6.45, 7) is 2.19. The second-order valence-corrected chi connectivity index (χ2v) is 8.09. The monoisotopic (exact) mass is 421 g/mol. The first-order valence-corrected chi connectivity index (χ1v) is 10.4. The standard InChI is InChI=1S/C23H24ClN5O/c1-28-12-2-3-17(14-28)13-26-21(30)15-29-16-27-22(18-4-6-20(24)7-5-18)23(29)19-8-10-25-11-9-19/h4-11,13,16-17H,2-3,12,14-15H2,1H3/b26-13+. The van der Waals surface area contributed by atoms with Gasteiger partial charge in [-0.15, -0.1) is 0 Å². The minimum Gasteiger partial charge on any atom is -0.320 e. The Hall–Kier alpha value is -2.83. The van der Waals surface area contributed by atoms with Gasteiger partial charge < -0.3 is 9.47 Å². The SMILES string of the molecule is CN1CCCC(/C=N/C(=O)Cn2cnc(-c3ccc(Cl)cc3)c2-c2ccncc2)C1. The molecule has 2 aromatic heterocycles. The lowest BCUT2D eigenvalue weighted by Crippen LogP contribution is -2.32. The van der Waals surface area contributed by atoms with E-state index < -0.39 is 0 Å². The molecule has 30 heavy (non-hydrogen) atoms. The highest BCUT2D eigenvalue weighted by Gasteiger charge is 2.18. The maximum Gasteiger partial charge on any atom is 0.265 e. The molecule has 1 fully saturated rings. The fourth-order valence-electron chi connectivity index (χ4n) is 3.84. The summed E-state index contributed by atoms with van der Waals surface area (Å²) in [4.78, 5) is 27.8. The Bertz CT molecular complexity index is 1030. The maximum atomic E-state index is 12.6. The molecule has 4 rings (SSSR count). The van der Waals surface area contributed by atoms with Crippen LogP contribution in [0.4, 0.5) is 0 Å². The van der Waals surface area contributed by atoms with Crippen LogP contribution in [0.5, 0.6) is 0 Å². The highest BCUT2D eigenvalue weighted by molar-refractivity contribution is 6.30. The van der Waals surface area contributed by atoms with Crippen LogP contribution in [0.15, 0.2) is 60.1 Å². The summed E-state index contributed by atoms with van der Waals surface area (Å²) in [5, 5.41) is 0.668. The third-order valence-corrected chi connectivity index (χ3v) is 5.56. The third kappa shape index (κ3) is 4.83. The van der Waals surface area contributed by atoms with E-state index in [-0.39, 0.29) is 12.5 Å². The van der Waals surface area contributed by atoms with Gasteiger partial charge in [0, 0.05) is 47.2 Å². The molecule has 0 N–H and O–H groups in total. The molecular weight excluding hydrogens is 398 g/mol. The van der Waals surface area contributed by atoms with Crippen molar-refractivity contribution in [1.29, 1.82) is 0 Å². The second-order valence-electron chi connectivity index (χ2n) is 7.65. The number of aliphatic imine (C=N–C) groups is 1. The van der Waals surface area contributed by atoms with Crippen LogP contribution in [-0.4, -0.2) is 51.7 Å². The smallest absolute Gasteiger partial charge is 0.265 e. The zero-order chi connectivity index (χ0) is 20.9. The third-order valence-electron chi connectivity index (χ3n) is 5.31. The summed E-state index contributed by atoms with van der Waals surface area (Å²) in [5.74, 6) is 0.151. The first-order valence-electron chi connectivity index (χ1n) is 10.1. The molecule has 1 aliphatic heterocycles. The fourth-order valence-corrected chi connectivity index (χ4v) is 3.96. The molecule has 154 valence electrons. The van der Waals surface area contributed by atoms with Crippen molar-refractivity contribution in [3.8, 4) is 22.5 Å². The number of imidazole rings is 1. The number of pyridine rings is 1. The van der Waals surface area contributed by atoms with Crippen molar-refractivity contribution in [3.05, 3.63) is 60.1 Å². The predicted molar refractivity (Wildman–Crippen MR) is 120 cm³/mol. The Balaban J connectivity index is 1.60. The van der Waals surface area contributed by atoms with E-state index in [0.29, 0.717) is 10.9 Å². The summed E-state index contributed by atoms with van der Waals surface area (Å²) in [7, 11) is 2.10. The number of hydrogen-bond donors (Lipinski definition) is 0. The highest BCUT2D eigenvalue weighted by atomic mass is 35.5. The Kier molecular flexibility index (Phi) is 6.35. The van der Waals surface area contributed by atoms with Crippen molar-refractivity contribution in [2.45, 2.75) is 19.4 Å². The molecule has 0 spiro atoms. The minimum atomic E-state index is -0.182. The number of halogens is 1. The van der Waals surface area contributed by atoms with E-state index in [0.717, 1.165) is 48.4 Å². The van der Waals surface area contributed by atoms with Crippen LogP contribution < -0.4 is 0 Å². The lowest BCUT2D eigenvalue weighted by molar-refractivity contribution is -0.118. The van der Waals surface area contributed by atoms with Gasteiger partial charge in [0.25, 0.3) is 5.91 Å². The lowest BCUT2D eigenvalue weighted by atomic mass is 10.00. The number of benzene rings is 1. The van der Waals surface area contributed by atoms with E-state index >= 15 is 0 Å². The van der Waals surface area contributed by atoms with Crippen molar-refractivity contribution < 1.29 is 4.79 Å². The molecule has 1 amide bonds. The van der Waals surface area contributed by atoms with Gasteiger partial charge in [-0.3, -0.25) is 9.78 Å². The van der Waals surface area contributed by atoms with Crippen molar-refractivity contribution in [3.63, 3.8) is 0 Å². The number of aromatic nitrogens is 3. The van der Waals surface area contributed by atoms with Crippen molar-refractivity contribution in [2.24, 2.45) is 10.9 Å². The van der Waals surface area contributed by atoms with Gasteiger partial charge in [0.2, 0.25) is 0 Å². The van der Waals surface area contributed by atoms with Gasteiger partial charge in [-0.25, -0.2) is 9.98 Å². The van der Waals surface area contributed by atoms with Gasteiger partial charge >= 0.3 is 0 Å². The average Bonchev–Trinajstić information content (AvgIpc) is 3.17. The second kappa shape index (κ2) is 9.32. The van der Waals surface area contributed by atoms with Crippen molar-refractivity contribution in [1.82, 2.24) is 19.4 Å². The molecule has 1 aromatic carbocycles. The Morgan fingerprint density at radius 2 is 1.97 bits per heavy atom. The zero-order valence-corrected chi connectivity index (χ0v) is 17.7. The summed E-state index contributed by atoms with van der Waals surface area (Å²) in [5.41, 5.74) is 3.54. The highest BCUT2D eigenvalue weighted by Crippen LogP contribution is 2.31. The quantitative estimate of drug-likeness (QED) is 0.579. The van der Waals surface area contributed by atoms with Gasteiger partial charge in [-0.1, -0.05) is 23.7 Å². The van der Waals surface area contributed by atoms with E-state index in [1.165, 1.54) is 0 Å². The number of amides is 1. The number of nitrogens with zero attached hydrogens (tertiary/aromatic N) is 5. The summed E-state index contributed by atoms with van der Waals surface area (Å²) in [6.07, 6.45) is 9.20. The number of rotatable bonds is 5. The molecule has 3 heterocycles. The van der Waals surface area contributed by atoms with Crippen LogP contribution in [-0.2, 0) is 11.3 Å². The van der Waals surface area contributed by atoms with Gasteiger partial charge in [-0.05, 0) is 50.7 Å². The lowest BCUT2D eigenvalue weighted by Gasteiger charge is -2.26. The normalized spacial score (nSPS) is 17.5. The van der Waals surface area contributed by atoms with Gasteiger partial charge in [0.05, 0.1) is 17.7 Å². The van der Waals surface area contributed by atoms with Gasteiger partial charge in [0.15, 0.2) is 0 Å². The average molecular weight is 422 g/mol. The van der Waals surface area contributed by atoms with Gasteiger partial charge in [-0.2, -0.15) is 0 Å². The van der Waals surface area contributed by atoms with Crippen molar-refractivity contribution >= 4 is 23.7 Å². The molecule has 7 heteroatoms. The van der Waals surface area contributed by atoms with E-state index in [1.54, 1.807) is 18.7 Å². The summed E-state index contributed by atoms with van der Waals surface area (Å²) in [6, 6.07) is 11.4. The molecule has 0 aliphatic carbocycles. The molecule has 1 atom stereocenters. The first kappa shape index (κ1) is 20.4. The number of piperidine rings is 1. The van der Waals surface area contributed by atoms with Crippen LogP contribution in [0, 0.1) is 5.92 Å². The van der Waals surface area contributed by atoms with Gasteiger partial charge in [0.1, 0.15) is 6.54 Å². The van der Waals surface area contributed by atoms with Crippen LogP contribution in [0.2, 0.25) is 5.02 Å². The zero-order valence-electron chi connectivity index (χ0n) is 16.9. The van der Waals surface area contributed by atoms with Crippen LogP contribution in [0.1, 0.15) is 12.8 Å². The number of carbonyl (C=O) groups excluding carboxylic acids is 1. The topological polar surface area (TPSA) is 63.4 Å². The number of carbonyl (C=O) groups is 1. The number of hydrogen-bond acceptors (Lipinski definition) is 4. The molecule has 6 nitrogen and oxygen atoms in total. The van der Waals surface area contributed by atoms with E-state index in [1.807, 2.05) is 47.2 Å². The Labute approximate surface area is 181 Å². The van der Waals surface area contributed by atoms with Crippen LogP contribution in [0.25, 0.3) is 22.5 Å². The molecule has 0 saturated carbocycles. The predicted octanol–water partition coefficient (Wildman–Crippen LogP) is 4.20. The summed E-state index contributed by atoms with van der Waals surface area (Å²) >= 11 is 6.04. The minimum absolute atomic E-state index is 0.136. The molecule has 1 unspecified atom stereocenters. The van der Waals surface area contributed by atoms with E-state index in [2.05, 4.69) is 26.9 Å². The Morgan fingerprint density at radius 3 is 2.70 bits per heavy atom. The largest absolute Gasteiger partial charge is 0.320 e. The van der Waals surface area contributed by atoms with E-state index in [9.17, 15) is 4.79 Å². The first-order chi connectivity index (χ1) is 14.6. The maximum absolute atomic E-state index is 12.6. The van der Waals surface area contributed by atoms with E-state index in [4.69, 9.17) is 11.6 Å². The van der Waals surface area contributed by atoms with Crippen LogP contribution >= 0.6 is 11.6 Å². The summed E-state index contributed by atoms with van der Waals surface area (Å²) < 4.78 is 1.85. The molecule has 0 bridgehead atoms. The molecule has 3 aromatic rings. The van der Waals surface area contributed by atoms with Crippen molar-refractivity contribution in [2.75, 3.05) is 20.1 Å². The Morgan fingerprint density at radius 1 is 1.20 bits per heavy atom. The van der Waals surface area contributed by atoms with Crippen LogP contribution in [0.3, 0.4) is 0 Å². The molecule has 1 aliphatic rings. The fraction of sp³-hybridized carbons (Fsp3) is 0.304. The molecule has 1 saturated heterocycles. The molecular formula is C23H24ClN5O. The number of likely N-dealkylation sites (tertiary alicyclic amines) is 1. The molecule has 0 radical (unpaired) electrons.